The van der Waals surface area contributed by atoms with Crippen LogP contribution in [0.2, 0.25) is 0 Å². The van der Waals surface area contributed by atoms with E-state index >= 15 is 0 Å². The third-order valence-electron chi connectivity index (χ3n) is 3.56. The molecule has 4 N–H and O–H groups in total. The maximum Gasteiger partial charge on any atom is 0.347 e. The van der Waals surface area contributed by atoms with Crippen LogP contribution in [-0.4, -0.2) is 49.9 Å². The first-order valence-corrected chi connectivity index (χ1v) is 6.86. The van der Waals surface area contributed by atoms with Gasteiger partial charge in [-0.2, -0.15) is 0 Å². The number of carboxylic acids is 2. The normalized spacial score (nSPS) is 14.4. The molecule has 0 aliphatic carbocycles. The zero-order valence-electron chi connectivity index (χ0n) is 12.3. The summed E-state index contributed by atoms with van der Waals surface area (Å²) < 4.78 is 0. The Morgan fingerprint density at radius 2 is 1.42 bits per heavy atom. The number of benzene rings is 2. The highest BCUT2D eigenvalue weighted by Crippen LogP contribution is 2.28. The number of hydrogen-bond donors (Lipinski definition) is 4. The molecule has 7 heteroatoms. The molecule has 0 heterocycles. The molecule has 7 nitrogen and oxygen atoms in total. The molecule has 0 saturated carbocycles. The van der Waals surface area contributed by atoms with E-state index in [0.717, 1.165) is 0 Å². The summed E-state index contributed by atoms with van der Waals surface area (Å²) in [5.74, 6) is -5.58. The van der Waals surface area contributed by atoms with Crippen molar-refractivity contribution in [3.63, 3.8) is 0 Å². The average Bonchev–Trinajstić information content (AvgIpc) is 2.60. The average molecular weight is 330 g/mol. The van der Waals surface area contributed by atoms with Crippen LogP contribution in [0.3, 0.4) is 0 Å². The predicted octanol–water partition coefficient (Wildman–Crippen LogP) is 0.798. The Morgan fingerprint density at radius 1 is 0.875 bits per heavy atom. The third-order valence-corrected chi connectivity index (χ3v) is 3.56. The van der Waals surface area contributed by atoms with Crippen molar-refractivity contribution in [2.45, 2.75) is 11.7 Å². The number of Topliss-reactive ketones (excluding diaryl/α,β-unsaturated/α-hetero) is 1. The van der Waals surface area contributed by atoms with Crippen molar-refractivity contribution in [3.05, 3.63) is 60.2 Å². The molecule has 0 amide bonds. The Hall–Kier alpha value is -3.03. The molecule has 2 rings (SSSR count). The lowest BCUT2D eigenvalue weighted by Gasteiger charge is -2.25. The van der Waals surface area contributed by atoms with E-state index in [1.165, 1.54) is 18.2 Å². The van der Waals surface area contributed by atoms with E-state index in [1.54, 1.807) is 36.4 Å². The highest BCUT2D eigenvalue weighted by Gasteiger charge is 2.55. The van der Waals surface area contributed by atoms with Gasteiger partial charge in [0, 0.05) is 5.56 Å². The van der Waals surface area contributed by atoms with Crippen LogP contribution in [0, 0.1) is 0 Å². The van der Waals surface area contributed by atoms with Crippen LogP contribution in [0.15, 0.2) is 54.6 Å². The number of aliphatic carboxylic acids is 2. The van der Waals surface area contributed by atoms with Crippen LogP contribution in [-0.2, 0) is 9.59 Å². The van der Waals surface area contributed by atoms with Crippen LogP contribution >= 0.6 is 0 Å². The topological polar surface area (TPSA) is 132 Å². The fraction of sp³-hybridized carbons (Fsp3) is 0.118. The zero-order chi connectivity index (χ0) is 17.9. The Morgan fingerprint density at radius 3 is 1.96 bits per heavy atom. The first-order chi connectivity index (χ1) is 11.3. The number of ketones is 1. The second-order valence-electron chi connectivity index (χ2n) is 5.05. The molecule has 2 atom stereocenters. The molecular formula is C17H14O7. The number of aliphatic hydroxyl groups excluding tert-OH is 1. The number of carboxylic acid groups (broad SMARTS) is 2. The molecule has 24 heavy (non-hydrogen) atoms. The maximum atomic E-state index is 12.6. The van der Waals surface area contributed by atoms with Crippen LogP contribution < -0.4 is 0 Å². The molecule has 124 valence electrons. The monoisotopic (exact) mass is 330 g/mol. The van der Waals surface area contributed by atoms with Crippen LogP contribution in [0.5, 0.6) is 0 Å². The smallest absolute Gasteiger partial charge is 0.347 e. The minimum Gasteiger partial charge on any atom is -0.479 e. The van der Waals surface area contributed by atoms with Crippen molar-refractivity contribution >= 4 is 17.7 Å². The first kappa shape index (κ1) is 17.3. The number of carbonyl (C=O) groups is 3. The molecule has 0 aliphatic rings. The van der Waals surface area contributed by atoms with Crippen molar-refractivity contribution < 1.29 is 34.8 Å². The lowest BCUT2D eigenvalue weighted by atomic mass is 9.84. The van der Waals surface area contributed by atoms with E-state index in [1.807, 2.05) is 0 Å². The van der Waals surface area contributed by atoms with Crippen molar-refractivity contribution in [2.24, 2.45) is 0 Å². The van der Waals surface area contributed by atoms with Gasteiger partial charge in [0.1, 0.15) is 0 Å². The van der Waals surface area contributed by atoms with Gasteiger partial charge in [0.15, 0.2) is 6.10 Å². The minimum absolute atomic E-state index is 0.214. The fourth-order valence-corrected chi connectivity index (χ4v) is 2.27. The van der Waals surface area contributed by atoms with Gasteiger partial charge in [-0.1, -0.05) is 54.6 Å². The SMILES string of the molecule is O=C(O)[C@H](O)[C@@](O)(C(=O)O)C(=O)c1ccccc1-c1ccccc1. The Labute approximate surface area is 136 Å². The third kappa shape index (κ3) is 2.90. The molecular weight excluding hydrogens is 316 g/mol. The van der Waals surface area contributed by atoms with Crippen LogP contribution in [0.25, 0.3) is 11.1 Å². The summed E-state index contributed by atoms with van der Waals surface area (Å²) in [6, 6.07) is 14.3. The summed E-state index contributed by atoms with van der Waals surface area (Å²) in [4.78, 5) is 34.8. The van der Waals surface area contributed by atoms with Crippen LogP contribution in [0.4, 0.5) is 0 Å². The van der Waals surface area contributed by atoms with Crippen molar-refractivity contribution in [3.8, 4) is 11.1 Å². The standard InChI is InChI=1S/C17H14O7/c18-13(17(24,16(22)23)14(19)15(20)21)12-9-5-4-8-11(12)10-6-2-1-3-7-10/h1-9,14,19,24H,(H,20,21)(H,22,23)/t14-,17+/m0/s1. The molecule has 0 unspecified atom stereocenters. The summed E-state index contributed by atoms with van der Waals surface area (Å²) in [6.07, 6.45) is -2.81. The lowest BCUT2D eigenvalue weighted by Crippen LogP contribution is -2.59. The summed E-state index contributed by atoms with van der Waals surface area (Å²) in [6.45, 7) is 0. The molecule has 0 saturated heterocycles. The minimum atomic E-state index is -3.50. The van der Waals surface area contributed by atoms with E-state index in [0.29, 0.717) is 11.1 Å². The van der Waals surface area contributed by atoms with E-state index in [4.69, 9.17) is 10.2 Å². The van der Waals surface area contributed by atoms with E-state index in [2.05, 4.69) is 0 Å². The van der Waals surface area contributed by atoms with Gasteiger partial charge in [-0.25, -0.2) is 9.59 Å². The number of carbonyl (C=O) groups excluding carboxylic acids is 1. The van der Waals surface area contributed by atoms with E-state index in [9.17, 15) is 24.6 Å². The van der Waals surface area contributed by atoms with Crippen molar-refractivity contribution in [1.29, 1.82) is 0 Å². The van der Waals surface area contributed by atoms with Gasteiger partial charge in [-0.05, 0) is 11.1 Å². The second kappa shape index (κ2) is 6.61. The Kier molecular flexibility index (Phi) is 4.77. The fourth-order valence-electron chi connectivity index (χ4n) is 2.27. The van der Waals surface area contributed by atoms with Crippen molar-refractivity contribution in [1.82, 2.24) is 0 Å². The summed E-state index contributed by atoms with van der Waals surface area (Å²) in [5, 5.41) is 37.7. The molecule has 0 spiro atoms. The summed E-state index contributed by atoms with van der Waals surface area (Å²) in [7, 11) is 0. The molecule has 2 aromatic carbocycles. The zero-order valence-corrected chi connectivity index (χ0v) is 12.3. The Bertz CT molecular complexity index is 785. The number of hydrogen-bond acceptors (Lipinski definition) is 5. The van der Waals surface area contributed by atoms with Gasteiger partial charge < -0.3 is 20.4 Å². The first-order valence-electron chi connectivity index (χ1n) is 6.86. The van der Waals surface area contributed by atoms with Gasteiger partial charge in [0.2, 0.25) is 5.78 Å². The van der Waals surface area contributed by atoms with Gasteiger partial charge >= 0.3 is 11.9 Å². The molecule has 0 fully saturated rings. The summed E-state index contributed by atoms with van der Waals surface area (Å²) in [5.41, 5.74) is -2.84. The van der Waals surface area contributed by atoms with Gasteiger partial charge in [-0.3, -0.25) is 4.79 Å². The van der Waals surface area contributed by atoms with Gasteiger partial charge in [-0.15, -0.1) is 0 Å². The van der Waals surface area contributed by atoms with Gasteiger partial charge in [0.25, 0.3) is 5.60 Å². The Balaban J connectivity index is 2.61. The van der Waals surface area contributed by atoms with Crippen LogP contribution in [0.1, 0.15) is 10.4 Å². The molecule has 2 aromatic rings. The van der Waals surface area contributed by atoms with Gasteiger partial charge in [0.05, 0.1) is 0 Å². The molecule has 0 radical (unpaired) electrons. The van der Waals surface area contributed by atoms with E-state index in [-0.39, 0.29) is 5.56 Å². The number of aliphatic hydroxyl groups is 2. The maximum absolute atomic E-state index is 12.6. The second-order valence-corrected chi connectivity index (χ2v) is 5.05. The highest BCUT2D eigenvalue weighted by molar-refractivity contribution is 6.19. The largest absolute Gasteiger partial charge is 0.479 e. The van der Waals surface area contributed by atoms with E-state index < -0.39 is 29.4 Å². The molecule has 0 bridgehead atoms. The highest BCUT2D eigenvalue weighted by atomic mass is 16.4. The molecule has 0 aliphatic heterocycles. The number of rotatable bonds is 6. The predicted molar refractivity (Wildman–Crippen MR) is 82.4 cm³/mol. The molecule has 0 aromatic heterocycles. The quantitative estimate of drug-likeness (QED) is 0.455. The van der Waals surface area contributed by atoms with Crippen molar-refractivity contribution in [2.75, 3.05) is 0 Å². The summed E-state index contributed by atoms with van der Waals surface area (Å²) >= 11 is 0. The lowest BCUT2D eigenvalue weighted by molar-refractivity contribution is -0.175.